The first-order valence-electron chi connectivity index (χ1n) is 14.5. The summed E-state index contributed by atoms with van der Waals surface area (Å²) in [6.07, 6.45) is -4.31. The average Bonchev–Trinajstić information content (AvgIpc) is 2.98. The number of hydrogen-bond acceptors (Lipinski definition) is 9. The zero-order valence-electron chi connectivity index (χ0n) is 26.5. The van der Waals surface area contributed by atoms with E-state index in [1.165, 1.54) is 41.3 Å². The third-order valence-electron chi connectivity index (χ3n) is 6.62. The smallest absolute Gasteiger partial charge is 0.440 e. The Morgan fingerprint density at radius 2 is 1.37 bits per heavy atom. The lowest BCUT2D eigenvalue weighted by Crippen LogP contribution is -2.61. The highest BCUT2D eigenvalue weighted by Gasteiger charge is 2.43. The molecular weight excluding hydrogens is 622 g/mol. The number of nitrogens with zero attached hydrogens (tertiary/aromatic N) is 3. The molecule has 1 unspecified atom stereocenters. The van der Waals surface area contributed by atoms with E-state index in [9.17, 15) is 33.9 Å². The van der Waals surface area contributed by atoms with Crippen molar-refractivity contribution >= 4 is 47.5 Å². The van der Waals surface area contributed by atoms with Crippen LogP contribution in [0, 0.1) is 5.92 Å². The highest BCUT2D eigenvalue weighted by Crippen LogP contribution is 2.26. The van der Waals surface area contributed by atoms with Crippen molar-refractivity contribution in [3.63, 3.8) is 0 Å². The summed E-state index contributed by atoms with van der Waals surface area (Å²) in [6.45, 7) is 10.2. The molecule has 2 aromatic carbocycles. The van der Waals surface area contributed by atoms with Gasteiger partial charge in [0.05, 0.1) is 11.5 Å². The summed E-state index contributed by atoms with van der Waals surface area (Å²) in [6, 6.07) is 13.2. The van der Waals surface area contributed by atoms with Crippen LogP contribution in [0.15, 0.2) is 54.6 Å². The van der Waals surface area contributed by atoms with Crippen LogP contribution in [0.1, 0.15) is 75.1 Å². The van der Waals surface area contributed by atoms with E-state index in [0.717, 1.165) is 5.01 Å². The number of benzene rings is 2. The predicted molar refractivity (Wildman–Crippen MR) is 165 cm³/mol. The number of hydrogen-bond donors (Lipinski definition) is 1. The summed E-state index contributed by atoms with van der Waals surface area (Å²) in [4.78, 5) is 80.1. The van der Waals surface area contributed by atoms with Crippen molar-refractivity contribution in [2.45, 2.75) is 71.8 Å². The number of carbonyl (C=O) groups is 6. The molecule has 3 rings (SSSR count). The van der Waals surface area contributed by atoms with Gasteiger partial charge in [0.15, 0.2) is 0 Å². The van der Waals surface area contributed by atoms with Crippen LogP contribution in [0.5, 0.6) is 0 Å². The van der Waals surface area contributed by atoms with Gasteiger partial charge in [-0.25, -0.2) is 19.4 Å². The van der Waals surface area contributed by atoms with Gasteiger partial charge in [-0.2, -0.15) is 0 Å². The maximum Gasteiger partial charge on any atom is 0.440 e. The molecule has 1 aliphatic rings. The SMILES string of the molecule is CC(C)(C)OC(=O)N1CCC(C(=O)OC(OC(=O)N(C(=O)c2ccc(Cl)cc2)N(C(=O)c2ccccc2)C(C)(C)C)C(=O)O)CC1. The van der Waals surface area contributed by atoms with Gasteiger partial charge in [-0.15, -0.1) is 5.01 Å². The van der Waals surface area contributed by atoms with E-state index in [0.29, 0.717) is 10.0 Å². The summed E-state index contributed by atoms with van der Waals surface area (Å²) in [5.74, 6) is -5.42. The van der Waals surface area contributed by atoms with Gasteiger partial charge in [-0.3, -0.25) is 14.4 Å². The summed E-state index contributed by atoms with van der Waals surface area (Å²) in [5, 5.41) is 11.3. The fourth-order valence-corrected chi connectivity index (χ4v) is 4.59. The van der Waals surface area contributed by atoms with Crippen molar-refractivity contribution < 1.29 is 48.1 Å². The van der Waals surface area contributed by atoms with E-state index < -0.39 is 59.3 Å². The molecule has 0 radical (unpaired) electrons. The fourth-order valence-electron chi connectivity index (χ4n) is 4.46. The van der Waals surface area contributed by atoms with Gasteiger partial charge in [-0.05, 0) is 90.8 Å². The maximum absolute atomic E-state index is 13.8. The minimum atomic E-state index is -2.46. The predicted octanol–water partition coefficient (Wildman–Crippen LogP) is 5.38. The number of esters is 1. The summed E-state index contributed by atoms with van der Waals surface area (Å²) < 4.78 is 15.5. The number of rotatable bonds is 6. The van der Waals surface area contributed by atoms with Gasteiger partial charge in [-0.1, -0.05) is 29.8 Å². The van der Waals surface area contributed by atoms with Crippen molar-refractivity contribution in [1.82, 2.24) is 14.9 Å². The van der Waals surface area contributed by atoms with E-state index in [1.807, 2.05) is 0 Å². The number of carbonyl (C=O) groups excluding carboxylic acids is 5. The van der Waals surface area contributed by atoms with Crippen molar-refractivity contribution in [3.8, 4) is 0 Å². The first-order valence-corrected chi connectivity index (χ1v) is 14.9. The average molecular weight is 660 g/mol. The molecule has 1 N–H and O–H groups in total. The molecule has 1 atom stereocenters. The molecule has 1 aliphatic heterocycles. The summed E-state index contributed by atoms with van der Waals surface area (Å²) in [5.41, 5.74) is -1.89. The molecule has 4 amide bonds. The molecule has 0 spiro atoms. The Balaban J connectivity index is 1.86. The number of amides is 4. The van der Waals surface area contributed by atoms with Gasteiger partial charge in [0.1, 0.15) is 5.60 Å². The largest absolute Gasteiger partial charge is 0.476 e. The number of aliphatic carboxylic acids is 1. The van der Waals surface area contributed by atoms with Crippen LogP contribution in [0.4, 0.5) is 9.59 Å². The van der Waals surface area contributed by atoms with E-state index in [4.69, 9.17) is 25.8 Å². The molecule has 248 valence electrons. The van der Waals surface area contributed by atoms with Crippen molar-refractivity contribution in [2.75, 3.05) is 13.1 Å². The van der Waals surface area contributed by atoms with Crippen LogP contribution in [0.25, 0.3) is 0 Å². The zero-order chi connectivity index (χ0) is 34.4. The summed E-state index contributed by atoms with van der Waals surface area (Å²) in [7, 11) is 0. The van der Waals surface area contributed by atoms with Crippen LogP contribution in [-0.2, 0) is 23.8 Å². The topological polar surface area (TPSA) is 160 Å². The maximum atomic E-state index is 13.8. The second-order valence-corrected chi connectivity index (χ2v) is 12.9. The Kier molecular flexibility index (Phi) is 11.4. The van der Waals surface area contributed by atoms with Crippen LogP contribution in [-0.4, -0.2) is 86.5 Å². The van der Waals surface area contributed by atoms with Gasteiger partial charge in [0.2, 0.25) is 0 Å². The molecular formula is C32H38ClN3O10. The highest BCUT2D eigenvalue weighted by atomic mass is 35.5. The van der Waals surface area contributed by atoms with E-state index in [1.54, 1.807) is 59.7 Å². The number of likely N-dealkylation sites (tertiary alicyclic amines) is 1. The number of halogens is 1. The monoisotopic (exact) mass is 659 g/mol. The number of ether oxygens (including phenoxy) is 3. The van der Waals surface area contributed by atoms with Crippen molar-refractivity contribution in [2.24, 2.45) is 5.92 Å². The molecule has 0 aliphatic carbocycles. The Morgan fingerprint density at radius 1 is 0.826 bits per heavy atom. The van der Waals surface area contributed by atoms with Crippen LogP contribution in [0.3, 0.4) is 0 Å². The molecule has 1 fully saturated rings. The van der Waals surface area contributed by atoms with Crippen LogP contribution in [0.2, 0.25) is 5.02 Å². The zero-order valence-corrected chi connectivity index (χ0v) is 27.3. The summed E-state index contributed by atoms with van der Waals surface area (Å²) >= 11 is 5.97. The second kappa shape index (κ2) is 14.6. The molecule has 0 bridgehead atoms. The Hall–Kier alpha value is -4.65. The molecule has 14 heteroatoms. The number of carboxylic acid groups (broad SMARTS) is 1. The lowest BCUT2D eigenvalue weighted by molar-refractivity contribution is -0.193. The normalized spacial score (nSPS) is 14.5. The molecule has 2 aromatic rings. The van der Waals surface area contributed by atoms with Gasteiger partial charge in [0.25, 0.3) is 11.8 Å². The Labute approximate surface area is 271 Å². The highest BCUT2D eigenvalue weighted by molar-refractivity contribution is 6.30. The molecule has 46 heavy (non-hydrogen) atoms. The molecule has 1 saturated heterocycles. The van der Waals surface area contributed by atoms with E-state index in [2.05, 4.69) is 0 Å². The second-order valence-electron chi connectivity index (χ2n) is 12.5. The molecule has 1 heterocycles. The molecule has 0 aromatic heterocycles. The lowest BCUT2D eigenvalue weighted by Gasteiger charge is -2.41. The van der Waals surface area contributed by atoms with Gasteiger partial charge in [0, 0.05) is 29.2 Å². The Morgan fingerprint density at radius 3 is 1.87 bits per heavy atom. The van der Waals surface area contributed by atoms with Gasteiger partial charge >= 0.3 is 30.4 Å². The molecule has 13 nitrogen and oxygen atoms in total. The number of imide groups is 1. The third kappa shape index (κ3) is 9.43. The minimum Gasteiger partial charge on any atom is -0.476 e. The quantitative estimate of drug-likeness (QED) is 0.242. The number of carboxylic acids is 1. The Bertz CT molecular complexity index is 1440. The van der Waals surface area contributed by atoms with Crippen LogP contribution < -0.4 is 0 Å². The third-order valence-corrected chi connectivity index (χ3v) is 6.87. The lowest BCUT2D eigenvalue weighted by atomic mass is 9.97. The first kappa shape index (κ1) is 35.8. The van der Waals surface area contributed by atoms with Crippen molar-refractivity contribution in [1.29, 1.82) is 0 Å². The standard InChI is InChI=1S/C32H38ClN3O10/c1-31(2,3)36(25(38)20-10-8-7-9-11-20)35(24(37)21-12-14-23(33)15-13-21)30(43)45-28(26(39)40)44-27(41)22-16-18-34(19-17-22)29(42)46-32(4,5)6/h7-15,22,28H,16-19H2,1-6H3,(H,39,40). The van der Waals surface area contributed by atoms with Crippen molar-refractivity contribution in [3.05, 3.63) is 70.7 Å². The minimum absolute atomic E-state index is 0.0721. The number of hydrazine groups is 1. The van der Waals surface area contributed by atoms with E-state index >= 15 is 0 Å². The molecule has 0 saturated carbocycles. The van der Waals surface area contributed by atoms with E-state index in [-0.39, 0.29) is 37.1 Å². The van der Waals surface area contributed by atoms with Gasteiger partial charge < -0.3 is 24.2 Å². The first-order chi connectivity index (χ1) is 21.4. The van der Waals surface area contributed by atoms with Crippen LogP contribution >= 0.6 is 11.6 Å². The number of piperidine rings is 1. The fraction of sp³-hybridized carbons (Fsp3) is 0.438.